The number of benzene rings is 1. The number of piperidine rings is 1. The molecule has 0 aliphatic carbocycles. The second kappa shape index (κ2) is 7.32. The lowest BCUT2D eigenvalue weighted by atomic mass is 9.79. The highest BCUT2D eigenvalue weighted by Crippen LogP contribution is 2.39. The summed E-state index contributed by atoms with van der Waals surface area (Å²) in [5.41, 5.74) is 0.153. The predicted octanol–water partition coefficient (Wildman–Crippen LogP) is 2.37. The van der Waals surface area contributed by atoms with Crippen LogP contribution in [-0.4, -0.2) is 53.6 Å². The van der Waals surface area contributed by atoms with Crippen LogP contribution in [0.4, 0.5) is 5.95 Å². The fraction of sp³-hybridized carbons (Fsp3) is 0.450. The Morgan fingerprint density at radius 1 is 1.04 bits per heavy atom. The number of amides is 1. The maximum atomic E-state index is 12.6. The molecule has 26 heavy (non-hydrogen) atoms. The normalized spacial score (nSPS) is 22.6. The molecular formula is C20H24N4O2. The fourth-order valence-electron chi connectivity index (χ4n) is 4.07. The van der Waals surface area contributed by atoms with E-state index in [4.69, 9.17) is 4.74 Å². The van der Waals surface area contributed by atoms with Crippen molar-refractivity contribution in [2.75, 3.05) is 37.7 Å². The lowest BCUT2D eigenvalue weighted by Gasteiger charge is -2.40. The Kier molecular flexibility index (Phi) is 4.73. The Bertz CT molecular complexity index is 740. The molecule has 4 rings (SSSR count). The maximum absolute atomic E-state index is 12.6. The Balaban J connectivity index is 1.35. The predicted molar refractivity (Wildman–Crippen MR) is 99.0 cm³/mol. The van der Waals surface area contributed by atoms with E-state index in [9.17, 15) is 4.79 Å². The van der Waals surface area contributed by atoms with Gasteiger partial charge < -0.3 is 14.5 Å². The van der Waals surface area contributed by atoms with Crippen molar-refractivity contribution in [3.63, 3.8) is 0 Å². The smallest absolute Gasteiger partial charge is 0.260 e. The molecule has 6 nitrogen and oxygen atoms in total. The van der Waals surface area contributed by atoms with Gasteiger partial charge in [-0.05, 0) is 37.5 Å². The Labute approximate surface area is 153 Å². The molecule has 0 radical (unpaired) electrons. The fourth-order valence-corrected chi connectivity index (χ4v) is 4.07. The summed E-state index contributed by atoms with van der Waals surface area (Å²) in [6.45, 7) is 3.61. The van der Waals surface area contributed by atoms with Crippen LogP contribution in [0.3, 0.4) is 0 Å². The number of hydrogen-bond acceptors (Lipinski definition) is 5. The Morgan fingerprint density at radius 3 is 2.65 bits per heavy atom. The first-order valence-corrected chi connectivity index (χ1v) is 9.22. The molecule has 1 aromatic carbocycles. The largest absolute Gasteiger partial charge is 0.484 e. The van der Waals surface area contributed by atoms with E-state index in [2.05, 4.69) is 14.9 Å². The Hall–Kier alpha value is -2.63. The zero-order chi connectivity index (χ0) is 17.8. The monoisotopic (exact) mass is 352 g/mol. The molecule has 3 heterocycles. The highest BCUT2D eigenvalue weighted by Gasteiger charge is 2.43. The SMILES string of the molecule is O=C(COc1ccccc1)N1CC[C@@]2(CCCN(c3ncccn3)C2)C1. The molecule has 2 fully saturated rings. The summed E-state index contributed by atoms with van der Waals surface area (Å²) in [5.74, 6) is 1.60. The van der Waals surface area contributed by atoms with Gasteiger partial charge in [0.1, 0.15) is 5.75 Å². The number of anilines is 1. The van der Waals surface area contributed by atoms with E-state index in [0.717, 1.165) is 57.1 Å². The standard InChI is InChI=1S/C20H24N4O2/c25-18(14-26-17-6-2-1-3-7-17)23-13-9-20(15-23)8-4-12-24(16-20)19-21-10-5-11-22-19/h1-3,5-7,10-11H,4,8-9,12-16H2/t20-/m0/s1. The van der Waals surface area contributed by atoms with Gasteiger partial charge in [-0.3, -0.25) is 4.79 Å². The molecule has 2 aliphatic rings. The van der Waals surface area contributed by atoms with E-state index < -0.39 is 0 Å². The summed E-state index contributed by atoms with van der Waals surface area (Å²) >= 11 is 0. The minimum absolute atomic E-state index is 0.0683. The molecule has 1 spiro atoms. The van der Waals surface area contributed by atoms with E-state index in [0.29, 0.717) is 0 Å². The third-order valence-electron chi connectivity index (χ3n) is 5.39. The number of hydrogen-bond donors (Lipinski definition) is 0. The number of ether oxygens (including phenoxy) is 1. The first-order chi connectivity index (χ1) is 12.7. The van der Waals surface area contributed by atoms with Gasteiger partial charge in [0, 0.05) is 44.0 Å². The van der Waals surface area contributed by atoms with Gasteiger partial charge in [-0.25, -0.2) is 9.97 Å². The molecule has 1 aromatic heterocycles. The van der Waals surface area contributed by atoms with Gasteiger partial charge in [0.2, 0.25) is 5.95 Å². The van der Waals surface area contributed by atoms with Gasteiger partial charge in [0.05, 0.1) is 0 Å². The van der Waals surface area contributed by atoms with Crippen LogP contribution in [0.15, 0.2) is 48.8 Å². The number of rotatable bonds is 4. The number of para-hydroxylation sites is 1. The van der Waals surface area contributed by atoms with Crippen molar-refractivity contribution >= 4 is 11.9 Å². The quantitative estimate of drug-likeness (QED) is 0.845. The highest BCUT2D eigenvalue weighted by molar-refractivity contribution is 5.78. The summed E-state index contributed by atoms with van der Waals surface area (Å²) < 4.78 is 5.62. The average Bonchev–Trinajstić information content (AvgIpc) is 3.11. The molecule has 0 saturated carbocycles. The molecule has 136 valence electrons. The van der Waals surface area contributed by atoms with Crippen LogP contribution < -0.4 is 9.64 Å². The summed E-state index contributed by atoms with van der Waals surface area (Å²) in [6, 6.07) is 11.3. The third-order valence-corrected chi connectivity index (χ3v) is 5.39. The summed E-state index contributed by atoms with van der Waals surface area (Å²) in [4.78, 5) is 25.6. The number of likely N-dealkylation sites (tertiary alicyclic amines) is 1. The molecule has 1 amide bonds. The molecule has 2 aromatic rings. The molecule has 0 N–H and O–H groups in total. The molecule has 2 saturated heterocycles. The van der Waals surface area contributed by atoms with Crippen molar-refractivity contribution in [1.29, 1.82) is 0 Å². The van der Waals surface area contributed by atoms with Crippen LogP contribution in [-0.2, 0) is 4.79 Å². The van der Waals surface area contributed by atoms with Gasteiger partial charge in [0.15, 0.2) is 6.61 Å². The van der Waals surface area contributed by atoms with E-state index in [1.807, 2.05) is 41.3 Å². The first-order valence-electron chi connectivity index (χ1n) is 9.22. The van der Waals surface area contributed by atoms with Crippen molar-refractivity contribution in [1.82, 2.24) is 14.9 Å². The van der Waals surface area contributed by atoms with Crippen molar-refractivity contribution in [2.45, 2.75) is 19.3 Å². The van der Waals surface area contributed by atoms with Gasteiger partial charge >= 0.3 is 0 Å². The van der Waals surface area contributed by atoms with E-state index in [1.165, 1.54) is 0 Å². The average molecular weight is 352 g/mol. The van der Waals surface area contributed by atoms with Gasteiger partial charge in [-0.1, -0.05) is 18.2 Å². The molecule has 0 bridgehead atoms. The minimum atomic E-state index is 0.0683. The zero-order valence-corrected chi connectivity index (χ0v) is 14.9. The van der Waals surface area contributed by atoms with Crippen LogP contribution in [0.5, 0.6) is 5.75 Å². The second-order valence-corrected chi connectivity index (χ2v) is 7.24. The van der Waals surface area contributed by atoms with E-state index >= 15 is 0 Å². The zero-order valence-electron chi connectivity index (χ0n) is 14.9. The van der Waals surface area contributed by atoms with Gasteiger partial charge in [-0.2, -0.15) is 0 Å². The maximum Gasteiger partial charge on any atom is 0.260 e. The van der Waals surface area contributed by atoms with E-state index in [-0.39, 0.29) is 17.9 Å². The van der Waals surface area contributed by atoms with Crippen molar-refractivity contribution in [3.8, 4) is 5.75 Å². The topological polar surface area (TPSA) is 58.6 Å². The van der Waals surface area contributed by atoms with E-state index in [1.54, 1.807) is 12.4 Å². The molecule has 6 heteroatoms. The van der Waals surface area contributed by atoms with Crippen molar-refractivity contribution < 1.29 is 9.53 Å². The van der Waals surface area contributed by atoms with Gasteiger partial charge in [0.25, 0.3) is 5.91 Å². The van der Waals surface area contributed by atoms with Gasteiger partial charge in [-0.15, -0.1) is 0 Å². The lowest BCUT2D eigenvalue weighted by Crippen LogP contribution is -2.46. The highest BCUT2D eigenvalue weighted by atomic mass is 16.5. The molecular weight excluding hydrogens is 328 g/mol. The van der Waals surface area contributed by atoms with Crippen molar-refractivity contribution in [3.05, 3.63) is 48.8 Å². The van der Waals surface area contributed by atoms with Crippen LogP contribution in [0, 0.1) is 5.41 Å². The van der Waals surface area contributed by atoms with Crippen LogP contribution in [0.2, 0.25) is 0 Å². The Morgan fingerprint density at radius 2 is 1.85 bits per heavy atom. The lowest BCUT2D eigenvalue weighted by molar-refractivity contribution is -0.132. The van der Waals surface area contributed by atoms with Crippen molar-refractivity contribution in [2.24, 2.45) is 5.41 Å². The molecule has 0 unspecified atom stereocenters. The molecule has 2 aliphatic heterocycles. The minimum Gasteiger partial charge on any atom is -0.484 e. The molecule has 1 atom stereocenters. The summed E-state index contributed by atoms with van der Waals surface area (Å²) in [5, 5.41) is 0. The first kappa shape index (κ1) is 16.8. The summed E-state index contributed by atoms with van der Waals surface area (Å²) in [7, 11) is 0. The third kappa shape index (κ3) is 3.64. The summed E-state index contributed by atoms with van der Waals surface area (Å²) in [6.07, 6.45) is 6.87. The van der Waals surface area contributed by atoms with Crippen LogP contribution >= 0.6 is 0 Å². The number of carbonyl (C=O) groups excluding carboxylic acids is 1. The van der Waals surface area contributed by atoms with Crippen LogP contribution in [0.1, 0.15) is 19.3 Å². The second-order valence-electron chi connectivity index (χ2n) is 7.24. The number of nitrogens with zero attached hydrogens (tertiary/aromatic N) is 4. The number of carbonyl (C=O) groups is 1. The number of aromatic nitrogens is 2. The van der Waals surface area contributed by atoms with Crippen LogP contribution in [0.25, 0.3) is 0 Å².